The fourth-order valence-corrected chi connectivity index (χ4v) is 1.50. The third-order valence-corrected chi connectivity index (χ3v) is 2.50. The molecule has 1 aromatic heterocycles. The first-order valence-corrected chi connectivity index (χ1v) is 6.51. The van der Waals surface area contributed by atoms with E-state index < -0.39 is 12.6 Å². The second-order valence-electron chi connectivity index (χ2n) is 4.11. The van der Waals surface area contributed by atoms with Crippen LogP contribution in [0.5, 0.6) is 0 Å². The van der Waals surface area contributed by atoms with Gasteiger partial charge in [-0.05, 0) is 18.6 Å². The Kier molecular flexibility index (Phi) is 7.75. The zero-order valence-corrected chi connectivity index (χ0v) is 11.9. The van der Waals surface area contributed by atoms with Crippen molar-refractivity contribution in [2.75, 3.05) is 26.9 Å². The molecule has 0 radical (unpaired) electrons. The normalized spacial score (nSPS) is 10.6. The van der Waals surface area contributed by atoms with Crippen LogP contribution >= 0.6 is 0 Å². The Morgan fingerprint density at radius 2 is 2.10 bits per heavy atom. The molecular weight excluding hydrogens is 265 g/mol. The lowest BCUT2D eigenvalue weighted by molar-refractivity contribution is 0.0475. The number of nitrogens with zero attached hydrogens (tertiary/aromatic N) is 1. The molecular formula is C14H20FNO4. The van der Waals surface area contributed by atoms with Crippen molar-refractivity contribution >= 4 is 5.97 Å². The lowest BCUT2D eigenvalue weighted by Gasteiger charge is -2.10. The monoisotopic (exact) mass is 285 g/mol. The van der Waals surface area contributed by atoms with Crippen LogP contribution < -0.4 is 0 Å². The Bertz CT molecular complexity index is 426. The highest BCUT2D eigenvalue weighted by molar-refractivity contribution is 5.90. The average molecular weight is 285 g/mol. The van der Waals surface area contributed by atoms with Gasteiger partial charge >= 0.3 is 5.97 Å². The van der Waals surface area contributed by atoms with Gasteiger partial charge in [-0.2, -0.15) is 0 Å². The summed E-state index contributed by atoms with van der Waals surface area (Å²) in [5.74, 6) is -0.463. The average Bonchev–Trinajstić information content (AvgIpc) is 2.49. The first-order chi connectivity index (χ1) is 9.72. The molecule has 5 nitrogen and oxygen atoms in total. The predicted molar refractivity (Wildman–Crippen MR) is 71.2 cm³/mol. The standard InChI is InChI=1S/C14H20FNO4/c1-3-6-20-14(17)12-5-4-11(9-15)16-13(12)10-19-8-7-18-2/h4-5H,3,6-10H2,1-2H3. The zero-order chi connectivity index (χ0) is 14.8. The van der Waals surface area contributed by atoms with Crippen molar-refractivity contribution in [2.24, 2.45) is 0 Å². The largest absolute Gasteiger partial charge is 0.462 e. The molecule has 0 aromatic carbocycles. The van der Waals surface area contributed by atoms with Gasteiger partial charge in [0.05, 0.1) is 43.4 Å². The smallest absolute Gasteiger partial charge is 0.340 e. The molecule has 0 amide bonds. The van der Waals surface area contributed by atoms with Crippen LogP contribution in [0.1, 0.15) is 35.1 Å². The van der Waals surface area contributed by atoms with E-state index in [1.54, 1.807) is 7.11 Å². The molecule has 112 valence electrons. The van der Waals surface area contributed by atoms with Crippen molar-refractivity contribution in [3.63, 3.8) is 0 Å². The second-order valence-corrected chi connectivity index (χ2v) is 4.11. The molecule has 0 aliphatic heterocycles. The highest BCUT2D eigenvalue weighted by Crippen LogP contribution is 2.12. The quantitative estimate of drug-likeness (QED) is 0.514. The van der Waals surface area contributed by atoms with Gasteiger partial charge in [0.15, 0.2) is 0 Å². The molecule has 0 aliphatic carbocycles. The maximum atomic E-state index is 12.6. The van der Waals surface area contributed by atoms with E-state index in [2.05, 4.69) is 4.98 Å². The van der Waals surface area contributed by atoms with Crippen LogP contribution in [0.4, 0.5) is 4.39 Å². The summed E-state index contributed by atoms with van der Waals surface area (Å²) in [6.45, 7) is 2.50. The summed E-state index contributed by atoms with van der Waals surface area (Å²) in [5.41, 5.74) is 0.966. The summed E-state index contributed by atoms with van der Waals surface area (Å²) in [4.78, 5) is 16.0. The van der Waals surface area contributed by atoms with Crippen molar-refractivity contribution in [3.8, 4) is 0 Å². The second kappa shape index (κ2) is 9.39. The summed E-state index contributed by atoms with van der Waals surface area (Å²) in [6.07, 6.45) is 0.738. The van der Waals surface area contributed by atoms with E-state index in [1.807, 2.05) is 6.92 Å². The number of esters is 1. The molecule has 20 heavy (non-hydrogen) atoms. The minimum atomic E-state index is -0.685. The van der Waals surface area contributed by atoms with Crippen LogP contribution in [-0.2, 0) is 27.5 Å². The SMILES string of the molecule is CCCOC(=O)c1ccc(CF)nc1COCCOC. The lowest BCUT2D eigenvalue weighted by Crippen LogP contribution is -2.13. The maximum absolute atomic E-state index is 12.6. The maximum Gasteiger partial charge on any atom is 0.340 e. The number of carbonyl (C=O) groups excluding carboxylic acids is 1. The number of alkyl halides is 1. The Morgan fingerprint density at radius 3 is 2.75 bits per heavy atom. The van der Waals surface area contributed by atoms with Crippen LogP contribution in [0.3, 0.4) is 0 Å². The molecule has 0 bridgehead atoms. The molecule has 6 heteroatoms. The van der Waals surface area contributed by atoms with E-state index in [0.29, 0.717) is 31.1 Å². The van der Waals surface area contributed by atoms with E-state index in [9.17, 15) is 9.18 Å². The first-order valence-electron chi connectivity index (χ1n) is 6.51. The zero-order valence-electron chi connectivity index (χ0n) is 11.9. The highest BCUT2D eigenvalue weighted by atomic mass is 19.1. The van der Waals surface area contributed by atoms with Crippen LogP contribution in [0, 0.1) is 0 Å². The van der Waals surface area contributed by atoms with E-state index >= 15 is 0 Å². The van der Waals surface area contributed by atoms with Crippen LogP contribution in [0.2, 0.25) is 0 Å². The molecule has 0 spiro atoms. The van der Waals surface area contributed by atoms with Gasteiger partial charge in [0.1, 0.15) is 6.67 Å². The van der Waals surface area contributed by atoms with Gasteiger partial charge in [-0.3, -0.25) is 4.98 Å². The van der Waals surface area contributed by atoms with Crippen LogP contribution in [-0.4, -0.2) is 37.9 Å². The first kappa shape index (κ1) is 16.5. The summed E-state index contributed by atoms with van der Waals surface area (Å²) < 4.78 is 27.9. The highest BCUT2D eigenvalue weighted by Gasteiger charge is 2.15. The third kappa shape index (κ3) is 5.22. The Balaban J connectivity index is 2.77. The Hall–Kier alpha value is -1.53. The number of ether oxygens (including phenoxy) is 3. The number of hydrogen-bond donors (Lipinski definition) is 0. The molecule has 0 aliphatic rings. The Labute approximate surface area is 118 Å². The molecule has 0 fully saturated rings. The van der Waals surface area contributed by atoms with Gasteiger partial charge in [-0.15, -0.1) is 0 Å². The third-order valence-electron chi connectivity index (χ3n) is 2.50. The molecule has 0 saturated carbocycles. The van der Waals surface area contributed by atoms with Crippen molar-refractivity contribution in [1.29, 1.82) is 0 Å². The van der Waals surface area contributed by atoms with E-state index in [4.69, 9.17) is 14.2 Å². The minimum Gasteiger partial charge on any atom is -0.462 e. The van der Waals surface area contributed by atoms with Gasteiger partial charge in [-0.1, -0.05) is 6.92 Å². The number of pyridine rings is 1. The molecule has 0 saturated heterocycles. The van der Waals surface area contributed by atoms with Crippen LogP contribution in [0.25, 0.3) is 0 Å². The number of hydrogen-bond acceptors (Lipinski definition) is 5. The molecule has 0 N–H and O–H groups in total. The minimum absolute atomic E-state index is 0.119. The van der Waals surface area contributed by atoms with Crippen molar-refractivity contribution in [1.82, 2.24) is 4.98 Å². The van der Waals surface area contributed by atoms with Gasteiger partial charge in [0, 0.05) is 7.11 Å². The predicted octanol–water partition coefficient (Wildman–Crippen LogP) is 2.28. The molecule has 0 atom stereocenters. The molecule has 1 rings (SSSR count). The van der Waals surface area contributed by atoms with E-state index in [1.165, 1.54) is 12.1 Å². The summed E-state index contributed by atoms with van der Waals surface area (Å²) in [5, 5.41) is 0. The fourth-order valence-electron chi connectivity index (χ4n) is 1.50. The fraction of sp³-hybridized carbons (Fsp3) is 0.571. The van der Waals surface area contributed by atoms with Crippen LogP contribution in [0.15, 0.2) is 12.1 Å². The summed E-state index contributed by atoms with van der Waals surface area (Å²) in [6, 6.07) is 3.00. The van der Waals surface area contributed by atoms with Gasteiger partial charge in [0.25, 0.3) is 0 Å². The lowest BCUT2D eigenvalue weighted by atomic mass is 10.2. The van der Waals surface area contributed by atoms with Crippen molar-refractivity contribution in [3.05, 3.63) is 29.1 Å². The van der Waals surface area contributed by atoms with Gasteiger partial charge in [0.2, 0.25) is 0 Å². The number of carbonyl (C=O) groups is 1. The number of methoxy groups -OCH3 is 1. The van der Waals surface area contributed by atoms with E-state index in [-0.39, 0.29) is 12.3 Å². The molecule has 0 unspecified atom stereocenters. The molecule has 1 heterocycles. The van der Waals surface area contributed by atoms with E-state index in [0.717, 1.165) is 6.42 Å². The summed E-state index contributed by atoms with van der Waals surface area (Å²) in [7, 11) is 1.57. The Morgan fingerprint density at radius 1 is 1.30 bits per heavy atom. The number of aromatic nitrogens is 1. The van der Waals surface area contributed by atoms with Crippen molar-refractivity contribution in [2.45, 2.75) is 26.6 Å². The number of halogens is 1. The molecule has 1 aromatic rings. The van der Waals surface area contributed by atoms with Crippen molar-refractivity contribution < 1.29 is 23.4 Å². The van der Waals surface area contributed by atoms with Gasteiger partial charge < -0.3 is 14.2 Å². The van der Waals surface area contributed by atoms with Gasteiger partial charge in [-0.25, -0.2) is 9.18 Å². The topological polar surface area (TPSA) is 57.7 Å². The summed E-state index contributed by atoms with van der Waals surface area (Å²) >= 11 is 0. The number of rotatable bonds is 9.